The van der Waals surface area contributed by atoms with Gasteiger partial charge in [0.2, 0.25) is 5.91 Å². The van der Waals surface area contributed by atoms with Crippen LogP contribution < -0.4 is 5.32 Å². The molecule has 2 fully saturated rings. The first-order chi connectivity index (χ1) is 12.9. The molecule has 3 heterocycles. The van der Waals surface area contributed by atoms with Gasteiger partial charge in [-0.05, 0) is 31.4 Å². The summed E-state index contributed by atoms with van der Waals surface area (Å²) in [5.74, 6) is -1.89. The highest BCUT2D eigenvalue weighted by molar-refractivity contribution is 5.95. The SMILES string of the molecule is O=C(c1ccc2c(F)cc(F)cc2n1)N1CCC2(CC1)CC(O)CNC2=O. The molecule has 2 N–H and O–H groups in total. The van der Waals surface area contributed by atoms with Crippen LogP contribution in [0.2, 0.25) is 0 Å². The lowest BCUT2D eigenvalue weighted by molar-refractivity contribution is -0.140. The molecule has 1 atom stereocenters. The van der Waals surface area contributed by atoms with Crippen LogP contribution in [-0.2, 0) is 4.79 Å². The number of aromatic nitrogens is 1. The van der Waals surface area contributed by atoms with Crippen molar-refractivity contribution in [2.75, 3.05) is 19.6 Å². The third-order valence-corrected chi connectivity index (χ3v) is 5.55. The monoisotopic (exact) mass is 375 g/mol. The number of fused-ring (bicyclic) bond motifs is 1. The lowest BCUT2D eigenvalue weighted by Crippen LogP contribution is -2.56. The average molecular weight is 375 g/mol. The van der Waals surface area contributed by atoms with E-state index >= 15 is 0 Å². The van der Waals surface area contributed by atoms with Crippen molar-refractivity contribution in [3.05, 3.63) is 41.6 Å². The van der Waals surface area contributed by atoms with Gasteiger partial charge in [-0.3, -0.25) is 9.59 Å². The molecule has 1 aromatic heterocycles. The highest BCUT2D eigenvalue weighted by Gasteiger charge is 2.46. The van der Waals surface area contributed by atoms with E-state index in [0.29, 0.717) is 32.4 Å². The molecule has 142 valence electrons. The van der Waals surface area contributed by atoms with Gasteiger partial charge in [-0.15, -0.1) is 0 Å². The van der Waals surface area contributed by atoms with Crippen LogP contribution >= 0.6 is 0 Å². The number of aliphatic hydroxyl groups excluding tert-OH is 1. The molecule has 4 rings (SSSR count). The van der Waals surface area contributed by atoms with Gasteiger partial charge in [-0.1, -0.05) is 0 Å². The molecule has 2 aromatic rings. The Bertz CT molecular complexity index is 926. The number of carbonyl (C=O) groups is 2. The molecule has 0 aliphatic carbocycles. The summed E-state index contributed by atoms with van der Waals surface area (Å²) in [4.78, 5) is 30.7. The highest BCUT2D eigenvalue weighted by atomic mass is 19.1. The lowest BCUT2D eigenvalue weighted by Gasteiger charge is -2.44. The summed E-state index contributed by atoms with van der Waals surface area (Å²) >= 11 is 0. The Morgan fingerprint density at radius 3 is 2.74 bits per heavy atom. The van der Waals surface area contributed by atoms with Gasteiger partial charge in [0.25, 0.3) is 5.91 Å². The number of halogens is 2. The van der Waals surface area contributed by atoms with Crippen LogP contribution in [0.15, 0.2) is 24.3 Å². The van der Waals surface area contributed by atoms with E-state index in [9.17, 15) is 23.5 Å². The third kappa shape index (κ3) is 3.14. The number of likely N-dealkylation sites (tertiary alicyclic amines) is 1. The summed E-state index contributed by atoms with van der Waals surface area (Å²) in [6, 6.07) is 4.71. The zero-order valence-corrected chi connectivity index (χ0v) is 14.5. The van der Waals surface area contributed by atoms with Gasteiger partial charge in [0, 0.05) is 37.2 Å². The second kappa shape index (κ2) is 6.53. The number of β-amino-alcohol motifs (C(OH)–C–C–N with tert-alkyl or cyclic N) is 1. The van der Waals surface area contributed by atoms with Crippen LogP contribution in [0.3, 0.4) is 0 Å². The highest BCUT2D eigenvalue weighted by Crippen LogP contribution is 2.38. The van der Waals surface area contributed by atoms with Crippen LogP contribution in [-0.4, -0.2) is 52.5 Å². The summed E-state index contributed by atoms with van der Waals surface area (Å²) in [7, 11) is 0. The van der Waals surface area contributed by atoms with Crippen molar-refractivity contribution in [3.63, 3.8) is 0 Å². The van der Waals surface area contributed by atoms with Gasteiger partial charge in [0.05, 0.1) is 17.0 Å². The molecule has 1 aromatic carbocycles. The topological polar surface area (TPSA) is 82.5 Å². The molecule has 0 saturated carbocycles. The fourth-order valence-electron chi connectivity index (χ4n) is 4.02. The van der Waals surface area contributed by atoms with E-state index in [-0.39, 0.29) is 35.0 Å². The van der Waals surface area contributed by atoms with Gasteiger partial charge >= 0.3 is 0 Å². The second-order valence-corrected chi connectivity index (χ2v) is 7.29. The molecule has 1 spiro atoms. The van der Waals surface area contributed by atoms with Gasteiger partial charge in [-0.25, -0.2) is 13.8 Å². The van der Waals surface area contributed by atoms with Crippen molar-refractivity contribution < 1.29 is 23.5 Å². The van der Waals surface area contributed by atoms with Crippen LogP contribution in [0.25, 0.3) is 10.9 Å². The molecule has 0 radical (unpaired) electrons. The third-order valence-electron chi connectivity index (χ3n) is 5.55. The molecular formula is C19H19F2N3O3. The normalized spacial score (nSPS) is 22.1. The maximum Gasteiger partial charge on any atom is 0.272 e. The number of hydrogen-bond acceptors (Lipinski definition) is 4. The number of rotatable bonds is 1. The van der Waals surface area contributed by atoms with E-state index in [1.807, 2.05) is 0 Å². The maximum absolute atomic E-state index is 13.8. The molecule has 0 bridgehead atoms. The average Bonchev–Trinajstić information content (AvgIpc) is 2.64. The molecular weight excluding hydrogens is 356 g/mol. The number of benzene rings is 1. The van der Waals surface area contributed by atoms with Crippen molar-refractivity contribution in [1.29, 1.82) is 0 Å². The lowest BCUT2D eigenvalue weighted by atomic mass is 9.71. The van der Waals surface area contributed by atoms with Crippen molar-refractivity contribution in [1.82, 2.24) is 15.2 Å². The van der Waals surface area contributed by atoms with E-state index in [0.717, 1.165) is 12.1 Å². The Hall–Kier alpha value is -2.61. The van der Waals surface area contributed by atoms with Crippen molar-refractivity contribution >= 4 is 22.7 Å². The van der Waals surface area contributed by atoms with Gasteiger partial charge in [0.15, 0.2) is 0 Å². The van der Waals surface area contributed by atoms with Gasteiger partial charge in [0.1, 0.15) is 17.3 Å². The van der Waals surface area contributed by atoms with E-state index in [1.165, 1.54) is 12.1 Å². The molecule has 2 aliphatic heterocycles. The minimum atomic E-state index is -0.751. The number of carbonyl (C=O) groups excluding carboxylic acids is 2. The number of hydrogen-bond donors (Lipinski definition) is 2. The molecule has 6 nitrogen and oxygen atoms in total. The largest absolute Gasteiger partial charge is 0.391 e. The second-order valence-electron chi connectivity index (χ2n) is 7.29. The van der Waals surface area contributed by atoms with Crippen LogP contribution in [0.5, 0.6) is 0 Å². The molecule has 8 heteroatoms. The number of nitrogens with zero attached hydrogens (tertiary/aromatic N) is 2. The van der Waals surface area contributed by atoms with Crippen molar-refractivity contribution in [2.24, 2.45) is 5.41 Å². The number of aliphatic hydroxyl groups is 1. The fourth-order valence-corrected chi connectivity index (χ4v) is 4.02. The maximum atomic E-state index is 13.8. The molecule has 2 amide bonds. The zero-order chi connectivity index (χ0) is 19.2. The summed E-state index contributed by atoms with van der Waals surface area (Å²) in [5, 5.41) is 12.8. The Labute approximate surface area is 154 Å². The molecule has 27 heavy (non-hydrogen) atoms. The molecule has 2 aliphatic rings. The Balaban J connectivity index is 1.53. The number of piperidine rings is 2. The van der Waals surface area contributed by atoms with Crippen LogP contribution in [0.1, 0.15) is 29.8 Å². The van der Waals surface area contributed by atoms with Crippen LogP contribution in [0.4, 0.5) is 8.78 Å². The van der Waals surface area contributed by atoms with E-state index in [4.69, 9.17) is 0 Å². The molecule has 1 unspecified atom stereocenters. The van der Waals surface area contributed by atoms with Crippen molar-refractivity contribution in [3.8, 4) is 0 Å². The Kier molecular flexibility index (Phi) is 4.30. The quantitative estimate of drug-likeness (QED) is 0.794. The van der Waals surface area contributed by atoms with E-state index in [2.05, 4.69) is 10.3 Å². The first-order valence-corrected chi connectivity index (χ1v) is 8.89. The summed E-state index contributed by atoms with van der Waals surface area (Å²) in [6.45, 7) is 0.976. The zero-order valence-electron chi connectivity index (χ0n) is 14.5. The van der Waals surface area contributed by atoms with Gasteiger partial charge < -0.3 is 15.3 Å². The predicted octanol–water partition coefficient (Wildman–Crippen LogP) is 1.62. The first-order valence-electron chi connectivity index (χ1n) is 8.89. The Morgan fingerprint density at radius 1 is 1.26 bits per heavy atom. The summed E-state index contributed by atoms with van der Waals surface area (Å²) < 4.78 is 27.2. The predicted molar refractivity (Wildman–Crippen MR) is 92.9 cm³/mol. The fraction of sp³-hybridized carbons (Fsp3) is 0.421. The first kappa shape index (κ1) is 17.8. The minimum absolute atomic E-state index is 0.0744. The molecule has 2 saturated heterocycles. The van der Waals surface area contributed by atoms with Crippen LogP contribution in [0, 0.1) is 17.0 Å². The summed E-state index contributed by atoms with van der Waals surface area (Å²) in [5.41, 5.74) is -0.449. The number of amides is 2. The smallest absolute Gasteiger partial charge is 0.272 e. The Morgan fingerprint density at radius 2 is 2.00 bits per heavy atom. The standard InChI is InChI=1S/C19H19F2N3O3/c20-11-7-14(21)13-1-2-15(23-16(13)8-11)17(26)24-5-3-19(4-6-24)9-12(25)10-22-18(19)27/h1-2,7-8,12,25H,3-6,9-10H2,(H,22,27). The van der Waals surface area contributed by atoms with E-state index < -0.39 is 23.2 Å². The van der Waals surface area contributed by atoms with Gasteiger partial charge in [-0.2, -0.15) is 0 Å². The van der Waals surface area contributed by atoms with Crippen molar-refractivity contribution in [2.45, 2.75) is 25.4 Å². The minimum Gasteiger partial charge on any atom is -0.391 e. The summed E-state index contributed by atoms with van der Waals surface area (Å²) in [6.07, 6.45) is 0.738. The number of pyridine rings is 1. The van der Waals surface area contributed by atoms with E-state index in [1.54, 1.807) is 4.90 Å². The number of nitrogens with one attached hydrogen (secondary N) is 1.